The highest BCUT2D eigenvalue weighted by atomic mass is 16.6. The van der Waals surface area contributed by atoms with Crippen LogP contribution in [-0.2, 0) is 11.3 Å². The number of carbonyl (C=O) groups excluding carboxylic acids is 2. The number of aromatic nitrogens is 2. The predicted molar refractivity (Wildman–Crippen MR) is 94.2 cm³/mol. The zero-order valence-electron chi connectivity index (χ0n) is 14.4. The molecule has 0 saturated carbocycles. The van der Waals surface area contributed by atoms with Gasteiger partial charge in [0.1, 0.15) is 17.9 Å². The molecular formula is C16H18N6O4. The van der Waals surface area contributed by atoms with Crippen molar-refractivity contribution in [1.29, 1.82) is 0 Å². The Hall–Kier alpha value is -3.43. The molecule has 1 saturated heterocycles. The fraction of sp³-hybridized carbons (Fsp3) is 0.312. The molecule has 2 N–H and O–H groups in total. The monoisotopic (exact) mass is 358 g/mol. The maximum absolute atomic E-state index is 12.2. The summed E-state index contributed by atoms with van der Waals surface area (Å²) in [5.74, 6) is -0.350. The van der Waals surface area contributed by atoms with E-state index in [1.807, 2.05) is 0 Å². The lowest BCUT2D eigenvalue weighted by Crippen LogP contribution is -2.27. The summed E-state index contributed by atoms with van der Waals surface area (Å²) in [5.41, 5.74) is 1.83. The van der Waals surface area contributed by atoms with Crippen LogP contribution in [0, 0.1) is 24.0 Å². The van der Waals surface area contributed by atoms with Crippen molar-refractivity contribution in [2.24, 2.45) is 0 Å². The first-order chi connectivity index (χ1) is 12.4. The lowest BCUT2D eigenvalue weighted by atomic mass is 10.2. The fourth-order valence-electron chi connectivity index (χ4n) is 2.88. The molecule has 0 spiro atoms. The standard InChI is InChI=1S/C16H18N6O4/c1-10-15(22(25)26)11(2)21(19-10)9-14(23)18-12-3-5-13(6-4-12)20-8-7-17-16(20)24/h3-6H,7-9H2,1-2H3,(H,17,24)(H,18,23). The van der Waals surface area contributed by atoms with Crippen molar-refractivity contribution in [1.82, 2.24) is 15.1 Å². The lowest BCUT2D eigenvalue weighted by Gasteiger charge is -2.14. The molecule has 1 fully saturated rings. The molecule has 10 heteroatoms. The highest BCUT2D eigenvalue weighted by Gasteiger charge is 2.23. The summed E-state index contributed by atoms with van der Waals surface area (Å²) in [6.07, 6.45) is 0. The number of amides is 3. The van der Waals surface area contributed by atoms with Crippen molar-refractivity contribution in [2.45, 2.75) is 20.4 Å². The van der Waals surface area contributed by atoms with Crippen LogP contribution in [0.5, 0.6) is 0 Å². The molecule has 3 rings (SSSR count). The SMILES string of the molecule is Cc1nn(CC(=O)Nc2ccc(N3CCNC3=O)cc2)c(C)c1[N+](=O)[O-]. The van der Waals surface area contributed by atoms with E-state index in [4.69, 9.17) is 0 Å². The zero-order chi connectivity index (χ0) is 18.8. The third kappa shape index (κ3) is 3.34. The first-order valence-electron chi connectivity index (χ1n) is 8.00. The Balaban J connectivity index is 1.66. The minimum atomic E-state index is -0.501. The molecule has 0 unspecified atom stereocenters. The third-order valence-electron chi connectivity index (χ3n) is 4.14. The highest BCUT2D eigenvalue weighted by molar-refractivity contribution is 5.95. The van der Waals surface area contributed by atoms with E-state index in [0.29, 0.717) is 24.5 Å². The van der Waals surface area contributed by atoms with Gasteiger partial charge in [0.15, 0.2) is 0 Å². The smallest absolute Gasteiger partial charge is 0.321 e. The second kappa shape index (κ2) is 6.82. The molecule has 1 aliphatic heterocycles. The number of carbonyl (C=O) groups is 2. The first-order valence-corrected chi connectivity index (χ1v) is 8.00. The van der Waals surface area contributed by atoms with Crippen LogP contribution in [0.2, 0.25) is 0 Å². The number of nitro groups is 1. The Kier molecular flexibility index (Phi) is 4.57. The number of benzene rings is 1. The van der Waals surface area contributed by atoms with Gasteiger partial charge >= 0.3 is 11.7 Å². The van der Waals surface area contributed by atoms with Crippen LogP contribution >= 0.6 is 0 Å². The Morgan fingerprint density at radius 2 is 2.04 bits per heavy atom. The summed E-state index contributed by atoms with van der Waals surface area (Å²) in [4.78, 5) is 36.0. The molecule has 2 aromatic rings. The van der Waals surface area contributed by atoms with Crippen LogP contribution in [0.3, 0.4) is 0 Å². The number of anilines is 2. The second-order valence-corrected chi connectivity index (χ2v) is 5.91. The molecular weight excluding hydrogens is 340 g/mol. The highest BCUT2D eigenvalue weighted by Crippen LogP contribution is 2.22. The Labute approximate surface area is 148 Å². The van der Waals surface area contributed by atoms with Crippen molar-refractivity contribution >= 4 is 29.0 Å². The molecule has 3 amide bonds. The van der Waals surface area contributed by atoms with Gasteiger partial charge in [-0.15, -0.1) is 0 Å². The number of nitrogens with one attached hydrogen (secondary N) is 2. The van der Waals surface area contributed by atoms with Crippen molar-refractivity contribution < 1.29 is 14.5 Å². The van der Waals surface area contributed by atoms with Gasteiger partial charge in [-0.3, -0.25) is 24.5 Å². The molecule has 1 aromatic carbocycles. The fourth-order valence-corrected chi connectivity index (χ4v) is 2.88. The number of hydrogen-bond donors (Lipinski definition) is 2. The van der Waals surface area contributed by atoms with Gasteiger partial charge in [0.25, 0.3) is 0 Å². The van der Waals surface area contributed by atoms with E-state index >= 15 is 0 Å². The largest absolute Gasteiger partial charge is 0.336 e. The van der Waals surface area contributed by atoms with E-state index in [0.717, 1.165) is 5.69 Å². The summed E-state index contributed by atoms with van der Waals surface area (Å²) >= 11 is 0. The maximum atomic E-state index is 12.2. The van der Waals surface area contributed by atoms with Crippen molar-refractivity contribution in [2.75, 3.05) is 23.3 Å². The number of hydrogen-bond acceptors (Lipinski definition) is 5. The molecule has 136 valence electrons. The molecule has 0 aliphatic carbocycles. The number of rotatable bonds is 5. The molecule has 1 aromatic heterocycles. The molecule has 2 heterocycles. The third-order valence-corrected chi connectivity index (χ3v) is 4.14. The van der Waals surface area contributed by atoms with Gasteiger partial charge in [0.2, 0.25) is 5.91 Å². The summed E-state index contributed by atoms with van der Waals surface area (Å²) in [7, 11) is 0. The number of urea groups is 1. The second-order valence-electron chi connectivity index (χ2n) is 5.91. The average molecular weight is 358 g/mol. The molecule has 0 bridgehead atoms. The van der Waals surface area contributed by atoms with E-state index in [-0.39, 0.29) is 29.9 Å². The zero-order valence-corrected chi connectivity index (χ0v) is 14.4. The summed E-state index contributed by atoms with van der Waals surface area (Å²) in [5, 5.41) is 20.5. The minimum Gasteiger partial charge on any atom is -0.336 e. The summed E-state index contributed by atoms with van der Waals surface area (Å²) < 4.78 is 1.31. The number of nitrogens with zero attached hydrogens (tertiary/aromatic N) is 4. The Morgan fingerprint density at radius 1 is 1.35 bits per heavy atom. The van der Waals surface area contributed by atoms with Gasteiger partial charge in [0, 0.05) is 24.5 Å². The predicted octanol–water partition coefficient (Wildman–Crippen LogP) is 1.58. The van der Waals surface area contributed by atoms with Crippen molar-refractivity contribution in [3.8, 4) is 0 Å². The molecule has 10 nitrogen and oxygen atoms in total. The molecule has 0 atom stereocenters. The van der Waals surface area contributed by atoms with Gasteiger partial charge in [-0.1, -0.05) is 0 Å². The van der Waals surface area contributed by atoms with E-state index in [9.17, 15) is 19.7 Å². The van der Waals surface area contributed by atoms with Crippen LogP contribution < -0.4 is 15.5 Å². The van der Waals surface area contributed by atoms with Gasteiger partial charge < -0.3 is 10.6 Å². The Morgan fingerprint density at radius 3 is 2.58 bits per heavy atom. The van der Waals surface area contributed by atoms with Crippen LogP contribution in [0.15, 0.2) is 24.3 Å². The lowest BCUT2D eigenvalue weighted by molar-refractivity contribution is -0.386. The normalized spacial score (nSPS) is 13.6. The van der Waals surface area contributed by atoms with E-state index in [1.165, 1.54) is 11.6 Å². The van der Waals surface area contributed by atoms with Crippen LogP contribution in [-0.4, -0.2) is 39.7 Å². The summed E-state index contributed by atoms with van der Waals surface area (Å²) in [6.45, 7) is 4.16. The van der Waals surface area contributed by atoms with Gasteiger partial charge in [-0.05, 0) is 38.1 Å². The Bertz CT molecular complexity index is 874. The van der Waals surface area contributed by atoms with E-state index in [2.05, 4.69) is 15.7 Å². The molecule has 0 radical (unpaired) electrons. The molecule has 26 heavy (non-hydrogen) atoms. The van der Waals surface area contributed by atoms with Gasteiger partial charge in [0.05, 0.1) is 4.92 Å². The first kappa shape index (κ1) is 17.4. The van der Waals surface area contributed by atoms with Crippen LogP contribution in [0.25, 0.3) is 0 Å². The van der Waals surface area contributed by atoms with E-state index < -0.39 is 4.92 Å². The average Bonchev–Trinajstić information content (AvgIpc) is 3.11. The van der Waals surface area contributed by atoms with E-state index in [1.54, 1.807) is 36.1 Å². The van der Waals surface area contributed by atoms with Crippen LogP contribution in [0.1, 0.15) is 11.4 Å². The van der Waals surface area contributed by atoms with Crippen molar-refractivity contribution in [3.63, 3.8) is 0 Å². The quantitative estimate of drug-likeness (QED) is 0.620. The van der Waals surface area contributed by atoms with Gasteiger partial charge in [-0.25, -0.2) is 4.79 Å². The van der Waals surface area contributed by atoms with Crippen LogP contribution in [0.4, 0.5) is 21.9 Å². The van der Waals surface area contributed by atoms with Gasteiger partial charge in [-0.2, -0.15) is 5.10 Å². The number of aryl methyl sites for hydroxylation is 1. The maximum Gasteiger partial charge on any atom is 0.321 e. The summed E-state index contributed by atoms with van der Waals surface area (Å²) in [6, 6.07) is 6.74. The molecule has 1 aliphatic rings. The minimum absolute atomic E-state index is 0.0777. The topological polar surface area (TPSA) is 122 Å². The van der Waals surface area contributed by atoms with Crippen molar-refractivity contribution in [3.05, 3.63) is 45.8 Å².